The Kier molecular flexibility index (Phi) is 14.4. The van der Waals surface area contributed by atoms with E-state index in [1.54, 1.807) is 10.6 Å². The number of fused-ring (bicyclic) bond motifs is 1. The Morgan fingerprint density at radius 2 is 1.56 bits per heavy atom. The van der Waals surface area contributed by atoms with Gasteiger partial charge in [0.2, 0.25) is 11.7 Å². The zero-order valence-electron chi connectivity index (χ0n) is 27.9. The lowest BCUT2D eigenvalue weighted by Gasteiger charge is -2.19. The summed E-state index contributed by atoms with van der Waals surface area (Å²) in [5, 5.41) is 3.72. The summed E-state index contributed by atoms with van der Waals surface area (Å²) >= 11 is 0. The predicted octanol–water partition coefficient (Wildman–Crippen LogP) is 9.65. The number of hydrogen-bond donors (Lipinski definition) is 1. The molecule has 3 aromatic rings. The van der Waals surface area contributed by atoms with E-state index in [1.165, 1.54) is 17.2 Å². The summed E-state index contributed by atoms with van der Waals surface area (Å²) < 4.78 is 14.2. The number of pyridine rings is 1. The Bertz CT molecular complexity index is 1580. The average molecular weight is 611 g/mol. The number of benzene rings is 2. The molecule has 1 aromatic heterocycles. The number of nitrogens with zero attached hydrogens (tertiary/aromatic N) is 1. The third-order valence-electron chi connectivity index (χ3n) is 7.38. The van der Waals surface area contributed by atoms with Crippen molar-refractivity contribution in [1.29, 1.82) is 0 Å². The number of rotatable bonds is 17. The van der Waals surface area contributed by atoms with Crippen LogP contribution >= 0.6 is 0 Å². The highest BCUT2D eigenvalue weighted by molar-refractivity contribution is 6.03. The molecule has 0 saturated heterocycles. The van der Waals surface area contributed by atoms with E-state index in [2.05, 4.69) is 39.1 Å². The fourth-order valence-electron chi connectivity index (χ4n) is 4.83. The maximum atomic E-state index is 14.1. The summed E-state index contributed by atoms with van der Waals surface area (Å²) in [6, 6.07) is 15.3. The molecule has 240 valence electrons. The number of nitrogens with one attached hydrogen (secondary N) is 1. The molecule has 6 heteroatoms. The zero-order valence-corrected chi connectivity index (χ0v) is 27.9. The monoisotopic (exact) mass is 610 g/mol. The van der Waals surface area contributed by atoms with Gasteiger partial charge in [-0.3, -0.25) is 9.59 Å². The lowest BCUT2D eigenvalue weighted by atomic mass is 10.1. The second-order valence-corrected chi connectivity index (χ2v) is 11.9. The molecular weight excluding hydrogens is 560 g/mol. The summed E-state index contributed by atoms with van der Waals surface area (Å²) in [6.45, 7) is 13.6. The normalized spacial score (nSPS) is 11.5. The van der Waals surface area contributed by atoms with Crippen molar-refractivity contribution >= 4 is 28.6 Å². The fraction of sp³-hybridized carbons (Fsp3) is 0.385. The van der Waals surface area contributed by atoms with Gasteiger partial charge >= 0.3 is 0 Å². The van der Waals surface area contributed by atoms with Crippen molar-refractivity contribution in [3.05, 3.63) is 105 Å². The number of unbranched alkanes of at least 4 members (excludes halogenated alkanes) is 3. The van der Waals surface area contributed by atoms with Crippen LogP contribution in [-0.2, 0) is 11.3 Å². The SMILES string of the molecule is CCCCCCn1c(=O)c(OCC=C(C)CCC=C(C)C)c(OCC=C(C)C)c2ccc(NC(=O)C=Cc3ccccc3)cc21. The number of amides is 1. The molecule has 0 unspecified atom stereocenters. The summed E-state index contributed by atoms with van der Waals surface area (Å²) in [5.74, 6) is 0.396. The molecule has 1 amide bonds. The minimum atomic E-state index is -0.248. The van der Waals surface area contributed by atoms with Gasteiger partial charge < -0.3 is 19.4 Å². The number of carbonyl (C=O) groups excluding carboxylic acids is 1. The van der Waals surface area contributed by atoms with E-state index in [-0.39, 0.29) is 23.8 Å². The van der Waals surface area contributed by atoms with Gasteiger partial charge in [-0.15, -0.1) is 0 Å². The maximum Gasteiger partial charge on any atom is 0.297 e. The molecule has 45 heavy (non-hydrogen) atoms. The first-order valence-electron chi connectivity index (χ1n) is 16.1. The van der Waals surface area contributed by atoms with Gasteiger partial charge in [0.1, 0.15) is 13.2 Å². The van der Waals surface area contributed by atoms with Gasteiger partial charge in [0.15, 0.2) is 5.75 Å². The van der Waals surface area contributed by atoms with Gasteiger partial charge in [-0.05, 0) is 95.9 Å². The molecule has 0 fully saturated rings. The maximum absolute atomic E-state index is 14.1. The predicted molar refractivity (Wildman–Crippen MR) is 189 cm³/mol. The molecule has 3 rings (SSSR count). The van der Waals surface area contributed by atoms with Crippen LogP contribution in [0, 0.1) is 0 Å². The van der Waals surface area contributed by atoms with E-state index < -0.39 is 0 Å². The van der Waals surface area contributed by atoms with Gasteiger partial charge in [-0.2, -0.15) is 0 Å². The Morgan fingerprint density at radius 1 is 0.844 bits per heavy atom. The van der Waals surface area contributed by atoms with E-state index in [1.807, 2.05) is 74.5 Å². The van der Waals surface area contributed by atoms with E-state index in [4.69, 9.17) is 9.47 Å². The number of carbonyl (C=O) groups is 1. The Labute approximate surface area is 269 Å². The molecule has 1 N–H and O–H groups in total. The second kappa shape index (κ2) is 18.5. The van der Waals surface area contributed by atoms with E-state index >= 15 is 0 Å². The molecule has 1 heterocycles. The van der Waals surface area contributed by atoms with Gasteiger partial charge in [0, 0.05) is 23.7 Å². The van der Waals surface area contributed by atoms with E-state index in [9.17, 15) is 9.59 Å². The molecule has 0 bridgehead atoms. The highest BCUT2D eigenvalue weighted by Gasteiger charge is 2.20. The van der Waals surface area contributed by atoms with Crippen LogP contribution in [0.25, 0.3) is 17.0 Å². The van der Waals surface area contributed by atoms with Crippen molar-refractivity contribution in [2.24, 2.45) is 0 Å². The molecular formula is C39H50N2O4. The largest absolute Gasteiger partial charge is 0.485 e. The first-order valence-corrected chi connectivity index (χ1v) is 16.1. The Balaban J connectivity index is 2.01. The molecule has 0 radical (unpaired) electrons. The van der Waals surface area contributed by atoms with Gasteiger partial charge in [-0.1, -0.05) is 79.3 Å². The zero-order chi connectivity index (χ0) is 32.6. The van der Waals surface area contributed by atoms with Crippen molar-refractivity contribution < 1.29 is 14.3 Å². The van der Waals surface area contributed by atoms with Gasteiger partial charge in [0.25, 0.3) is 5.56 Å². The van der Waals surface area contributed by atoms with Crippen LogP contribution in [0.2, 0.25) is 0 Å². The molecule has 2 aromatic carbocycles. The van der Waals surface area contributed by atoms with E-state index in [0.717, 1.165) is 55.0 Å². The summed E-state index contributed by atoms with van der Waals surface area (Å²) in [7, 11) is 0. The molecule has 0 saturated carbocycles. The second-order valence-electron chi connectivity index (χ2n) is 11.9. The van der Waals surface area contributed by atoms with Crippen molar-refractivity contribution in [2.45, 2.75) is 86.6 Å². The van der Waals surface area contributed by atoms with Crippen LogP contribution in [0.5, 0.6) is 11.5 Å². The molecule has 0 aliphatic carbocycles. The molecule has 0 spiro atoms. The minimum absolute atomic E-state index is 0.219. The Hall–Kier alpha value is -4.32. The molecule has 0 atom stereocenters. The smallest absolute Gasteiger partial charge is 0.297 e. The molecule has 0 aliphatic heterocycles. The lowest BCUT2D eigenvalue weighted by Crippen LogP contribution is -2.24. The average Bonchev–Trinajstić information content (AvgIpc) is 3.00. The molecule has 0 aliphatic rings. The highest BCUT2D eigenvalue weighted by atomic mass is 16.5. The van der Waals surface area contributed by atoms with Crippen molar-refractivity contribution in [1.82, 2.24) is 4.57 Å². The van der Waals surface area contributed by atoms with Crippen LogP contribution in [0.4, 0.5) is 5.69 Å². The van der Waals surface area contributed by atoms with Crippen molar-refractivity contribution in [3.63, 3.8) is 0 Å². The van der Waals surface area contributed by atoms with Crippen LogP contribution in [-0.4, -0.2) is 23.7 Å². The quantitative estimate of drug-likeness (QED) is 0.0939. The van der Waals surface area contributed by atoms with E-state index in [0.29, 0.717) is 30.1 Å². The number of anilines is 1. The summed E-state index contributed by atoms with van der Waals surface area (Å²) in [5.41, 5.74) is 5.65. The van der Waals surface area contributed by atoms with Gasteiger partial charge in [0.05, 0.1) is 5.52 Å². The van der Waals surface area contributed by atoms with Crippen molar-refractivity contribution in [2.75, 3.05) is 18.5 Å². The number of hydrogen-bond acceptors (Lipinski definition) is 4. The standard InChI is InChI=1S/C39H50N2O4/c1-7-8-9-13-25-41-35-28-33(40-36(42)22-19-32-17-11-10-12-18-32)20-21-34(35)37(44-26-23-30(4)5)38(39(41)43)45-27-24-31(6)16-14-15-29(2)3/h10-12,15,17-24,28H,7-9,13-14,16,25-27H2,1-6H3,(H,40,42). The van der Waals surface area contributed by atoms with Crippen LogP contribution < -0.4 is 20.3 Å². The third kappa shape index (κ3) is 11.6. The topological polar surface area (TPSA) is 69.6 Å². The van der Waals surface area contributed by atoms with Gasteiger partial charge in [-0.25, -0.2) is 0 Å². The fourth-order valence-corrected chi connectivity index (χ4v) is 4.83. The first-order chi connectivity index (χ1) is 21.7. The lowest BCUT2D eigenvalue weighted by molar-refractivity contribution is -0.111. The highest BCUT2D eigenvalue weighted by Crippen LogP contribution is 2.35. The molecule has 6 nitrogen and oxygen atoms in total. The number of ether oxygens (including phenoxy) is 2. The number of allylic oxidation sites excluding steroid dienone is 4. The summed E-state index contributed by atoms with van der Waals surface area (Å²) in [4.78, 5) is 26.9. The summed E-state index contributed by atoms with van der Waals surface area (Å²) in [6.07, 6.45) is 15.5. The van der Waals surface area contributed by atoms with Crippen LogP contribution in [0.15, 0.2) is 94.3 Å². The number of aryl methyl sites for hydroxylation is 1. The number of aromatic nitrogens is 1. The van der Waals surface area contributed by atoms with Crippen LogP contribution in [0.3, 0.4) is 0 Å². The Morgan fingerprint density at radius 3 is 2.27 bits per heavy atom. The van der Waals surface area contributed by atoms with Crippen LogP contribution in [0.1, 0.15) is 85.6 Å². The van der Waals surface area contributed by atoms with Crippen molar-refractivity contribution in [3.8, 4) is 11.5 Å². The third-order valence-corrected chi connectivity index (χ3v) is 7.38. The minimum Gasteiger partial charge on any atom is -0.485 e. The first kappa shape index (κ1) is 35.2.